The van der Waals surface area contributed by atoms with Crippen LogP contribution in [-0.4, -0.2) is 34.4 Å². The third-order valence-corrected chi connectivity index (χ3v) is 4.77. The van der Waals surface area contributed by atoms with Crippen molar-refractivity contribution in [3.8, 4) is 5.75 Å². The third-order valence-electron chi connectivity index (χ3n) is 4.34. The Bertz CT molecular complexity index is 850. The number of hydrogen-bond donors (Lipinski definition) is 2. The number of nitrogens with one attached hydrogen (secondary N) is 1. The average Bonchev–Trinajstić information content (AvgIpc) is 3.06. The molecule has 0 aliphatic carbocycles. The van der Waals surface area contributed by atoms with E-state index >= 15 is 0 Å². The van der Waals surface area contributed by atoms with Gasteiger partial charge in [-0.05, 0) is 55.7 Å². The van der Waals surface area contributed by atoms with Gasteiger partial charge in [0.15, 0.2) is 0 Å². The maximum absolute atomic E-state index is 12.8. The van der Waals surface area contributed by atoms with Crippen molar-refractivity contribution in [3.63, 3.8) is 0 Å². The number of aryl methyl sites for hydroxylation is 1. The minimum Gasteiger partial charge on any atom is -0.506 e. The van der Waals surface area contributed by atoms with Crippen LogP contribution in [0.25, 0.3) is 0 Å². The lowest BCUT2D eigenvalue weighted by molar-refractivity contribution is -0.119. The van der Waals surface area contributed by atoms with E-state index in [1.54, 1.807) is 18.2 Å². The van der Waals surface area contributed by atoms with Gasteiger partial charge in [0.2, 0.25) is 5.91 Å². The number of amides is 2. The average molecular weight is 393 g/mol. The van der Waals surface area contributed by atoms with E-state index in [0.717, 1.165) is 12.0 Å². The number of rotatable bonds is 3. The van der Waals surface area contributed by atoms with Gasteiger partial charge in [0.25, 0.3) is 5.91 Å². The summed E-state index contributed by atoms with van der Waals surface area (Å²) in [6.45, 7) is 2.34. The summed E-state index contributed by atoms with van der Waals surface area (Å²) in [7, 11) is 0. The molecule has 3 rings (SSSR count). The van der Waals surface area contributed by atoms with E-state index in [9.17, 15) is 14.7 Å². The van der Waals surface area contributed by atoms with Gasteiger partial charge in [0, 0.05) is 22.2 Å². The van der Waals surface area contributed by atoms with Crippen LogP contribution in [0.15, 0.2) is 36.4 Å². The van der Waals surface area contributed by atoms with Gasteiger partial charge < -0.3 is 15.3 Å². The zero-order valence-electron chi connectivity index (χ0n) is 14.1. The summed E-state index contributed by atoms with van der Waals surface area (Å²) >= 11 is 12.0. The number of phenols is 1. The molecule has 5 nitrogen and oxygen atoms in total. The summed E-state index contributed by atoms with van der Waals surface area (Å²) in [6, 6.07) is 8.97. The van der Waals surface area contributed by atoms with Crippen molar-refractivity contribution in [2.24, 2.45) is 0 Å². The first-order valence-corrected chi connectivity index (χ1v) is 8.98. The van der Waals surface area contributed by atoms with Gasteiger partial charge in [0.1, 0.15) is 11.8 Å². The monoisotopic (exact) mass is 392 g/mol. The maximum Gasteiger partial charge on any atom is 0.254 e. The van der Waals surface area contributed by atoms with Crippen molar-refractivity contribution in [2.45, 2.75) is 25.8 Å². The van der Waals surface area contributed by atoms with Gasteiger partial charge in [-0.25, -0.2) is 0 Å². The van der Waals surface area contributed by atoms with Crippen molar-refractivity contribution >= 4 is 40.7 Å². The molecule has 136 valence electrons. The van der Waals surface area contributed by atoms with Crippen LogP contribution in [0.2, 0.25) is 10.0 Å². The highest BCUT2D eigenvalue weighted by Gasteiger charge is 2.35. The summed E-state index contributed by atoms with van der Waals surface area (Å²) < 4.78 is 0. The zero-order valence-corrected chi connectivity index (χ0v) is 15.6. The Hall–Kier alpha value is -2.24. The maximum atomic E-state index is 12.8. The fourth-order valence-corrected chi connectivity index (χ4v) is 3.62. The summed E-state index contributed by atoms with van der Waals surface area (Å²) in [4.78, 5) is 27.0. The van der Waals surface area contributed by atoms with Gasteiger partial charge in [-0.15, -0.1) is 0 Å². The first-order valence-electron chi connectivity index (χ1n) is 8.22. The number of likely N-dealkylation sites (tertiary alicyclic amines) is 1. The van der Waals surface area contributed by atoms with Crippen LogP contribution in [0.1, 0.15) is 28.8 Å². The Labute approximate surface area is 161 Å². The molecular formula is C19H18Cl2N2O3. The van der Waals surface area contributed by atoms with E-state index in [4.69, 9.17) is 23.2 Å². The lowest BCUT2D eigenvalue weighted by atomic mass is 10.1. The smallest absolute Gasteiger partial charge is 0.254 e. The summed E-state index contributed by atoms with van der Waals surface area (Å²) in [6.07, 6.45) is 1.27. The second-order valence-corrected chi connectivity index (χ2v) is 7.20. The topological polar surface area (TPSA) is 69.6 Å². The number of anilines is 1. The van der Waals surface area contributed by atoms with E-state index in [1.165, 1.54) is 23.1 Å². The van der Waals surface area contributed by atoms with E-state index in [-0.39, 0.29) is 17.6 Å². The Morgan fingerprint density at radius 3 is 2.54 bits per heavy atom. The van der Waals surface area contributed by atoms with E-state index in [0.29, 0.717) is 34.3 Å². The van der Waals surface area contributed by atoms with Gasteiger partial charge in [0.05, 0.1) is 5.69 Å². The quantitative estimate of drug-likeness (QED) is 0.766. The van der Waals surface area contributed by atoms with Crippen molar-refractivity contribution < 1.29 is 14.7 Å². The fraction of sp³-hybridized carbons (Fsp3) is 0.263. The lowest BCUT2D eigenvalue weighted by Crippen LogP contribution is -2.43. The molecule has 0 saturated carbocycles. The number of halogens is 2. The number of hydrogen-bond acceptors (Lipinski definition) is 3. The van der Waals surface area contributed by atoms with E-state index in [2.05, 4.69) is 5.32 Å². The Kier molecular flexibility index (Phi) is 5.39. The van der Waals surface area contributed by atoms with Crippen LogP contribution in [-0.2, 0) is 4.79 Å². The number of carbonyl (C=O) groups excluding carboxylic acids is 2. The predicted octanol–water partition coefficient (Wildman–Crippen LogP) is 4.25. The van der Waals surface area contributed by atoms with Gasteiger partial charge in [-0.1, -0.05) is 29.3 Å². The molecule has 7 heteroatoms. The lowest BCUT2D eigenvalue weighted by Gasteiger charge is -2.24. The summed E-state index contributed by atoms with van der Waals surface area (Å²) in [5, 5.41) is 13.4. The molecule has 0 aromatic heterocycles. The molecule has 1 saturated heterocycles. The molecule has 1 aliphatic heterocycles. The first kappa shape index (κ1) is 18.5. The molecule has 26 heavy (non-hydrogen) atoms. The second-order valence-electron chi connectivity index (χ2n) is 6.32. The molecule has 0 radical (unpaired) electrons. The first-order chi connectivity index (χ1) is 12.3. The largest absolute Gasteiger partial charge is 0.506 e. The highest BCUT2D eigenvalue weighted by molar-refractivity contribution is 6.35. The van der Waals surface area contributed by atoms with Crippen LogP contribution in [0.4, 0.5) is 5.69 Å². The molecule has 2 amide bonds. The zero-order chi connectivity index (χ0) is 18.8. The normalized spacial score (nSPS) is 16.6. The van der Waals surface area contributed by atoms with E-state index < -0.39 is 6.04 Å². The Balaban J connectivity index is 1.80. The van der Waals surface area contributed by atoms with E-state index in [1.807, 2.05) is 6.92 Å². The molecule has 1 fully saturated rings. The molecule has 2 N–H and O–H groups in total. The van der Waals surface area contributed by atoms with Crippen molar-refractivity contribution in [1.29, 1.82) is 0 Å². The minimum atomic E-state index is -0.611. The Morgan fingerprint density at radius 1 is 1.15 bits per heavy atom. The molecular weight excluding hydrogens is 375 g/mol. The molecule has 2 aromatic carbocycles. The van der Waals surface area contributed by atoms with Gasteiger partial charge >= 0.3 is 0 Å². The number of carbonyl (C=O) groups is 2. The van der Waals surface area contributed by atoms with Crippen LogP contribution >= 0.6 is 23.2 Å². The highest BCUT2D eigenvalue weighted by Crippen LogP contribution is 2.28. The molecule has 1 atom stereocenters. The van der Waals surface area contributed by atoms with Crippen LogP contribution in [0, 0.1) is 6.92 Å². The predicted molar refractivity (Wildman–Crippen MR) is 102 cm³/mol. The van der Waals surface area contributed by atoms with Gasteiger partial charge in [-0.2, -0.15) is 0 Å². The molecule has 1 unspecified atom stereocenters. The van der Waals surface area contributed by atoms with Crippen LogP contribution in [0.5, 0.6) is 5.75 Å². The van der Waals surface area contributed by atoms with Gasteiger partial charge in [-0.3, -0.25) is 9.59 Å². The molecule has 1 aliphatic rings. The van der Waals surface area contributed by atoms with Crippen molar-refractivity contribution in [2.75, 3.05) is 11.9 Å². The van der Waals surface area contributed by atoms with Crippen LogP contribution in [0.3, 0.4) is 0 Å². The molecule has 2 aromatic rings. The summed E-state index contributed by atoms with van der Waals surface area (Å²) in [5.41, 5.74) is 1.59. The molecule has 1 heterocycles. The van der Waals surface area contributed by atoms with Crippen molar-refractivity contribution in [1.82, 2.24) is 4.90 Å². The highest BCUT2D eigenvalue weighted by atomic mass is 35.5. The number of phenolic OH excluding ortho intramolecular Hbond substituents is 1. The number of nitrogens with zero attached hydrogens (tertiary/aromatic N) is 1. The molecule has 0 bridgehead atoms. The molecule has 0 spiro atoms. The van der Waals surface area contributed by atoms with Crippen LogP contribution < -0.4 is 5.32 Å². The SMILES string of the molecule is Cc1ccc(O)c(NC(=O)C2CCCN2C(=O)c2cc(Cl)cc(Cl)c2)c1. The third kappa shape index (κ3) is 3.94. The number of aromatic hydroxyl groups is 1. The summed E-state index contributed by atoms with van der Waals surface area (Å²) in [5.74, 6) is -0.633. The minimum absolute atomic E-state index is 0.0125. The van der Waals surface area contributed by atoms with Crippen molar-refractivity contribution in [3.05, 3.63) is 57.6 Å². The second kappa shape index (κ2) is 7.56. The Morgan fingerprint density at radius 2 is 1.85 bits per heavy atom. The number of benzene rings is 2. The standard InChI is InChI=1S/C19H18Cl2N2O3/c1-11-4-5-17(24)15(7-11)22-18(25)16-3-2-6-23(16)19(26)12-8-13(20)10-14(21)9-12/h4-5,7-10,16,24H,2-3,6H2,1H3,(H,22,25). The fourth-order valence-electron chi connectivity index (χ4n) is 3.09.